The Morgan fingerprint density at radius 1 is 0.966 bits per heavy atom. The van der Waals surface area contributed by atoms with Gasteiger partial charge in [0.25, 0.3) is 0 Å². The first-order valence-electron chi connectivity index (χ1n) is 9.53. The van der Waals surface area contributed by atoms with Gasteiger partial charge in [0.15, 0.2) is 11.5 Å². The third-order valence-electron chi connectivity index (χ3n) is 5.45. The topological polar surface area (TPSA) is 74.1 Å². The van der Waals surface area contributed by atoms with Crippen molar-refractivity contribution in [3.8, 4) is 11.3 Å². The molecule has 1 aliphatic carbocycles. The van der Waals surface area contributed by atoms with Crippen LogP contribution in [0.4, 0.5) is 0 Å². The maximum absolute atomic E-state index is 13.4. The van der Waals surface area contributed by atoms with Crippen molar-refractivity contribution in [1.29, 1.82) is 0 Å². The van der Waals surface area contributed by atoms with E-state index in [4.69, 9.17) is 4.74 Å². The lowest BCUT2D eigenvalue weighted by Gasteiger charge is -2.40. The smallest absolute Gasteiger partial charge is 0.228 e. The molecule has 2 heterocycles. The van der Waals surface area contributed by atoms with Crippen molar-refractivity contribution in [3.63, 3.8) is 0 Å². The van der Waals surface area contributed by atoms with Gasteiger partial charge in [0, 0.05) is 23.1 Å². The molecule has 0 fully saturated rings. The van der Waals surface area contributed by atoms with Crippen LogP contribution in [0.1, 0.15) is 47.0 Å². The molecule has 1 aromatic heterocycles. The van der Waals surface area contributed by atoms with Crippen LogP contribution in [0.15, 0.2) is 72.1 Å². The molecule has 2 aromatic carbocycles. The highest BCUT2D eigenvalue weighted by atomic mass is 16.5. The van der Waals surface area contributed by atoms with Gasteiger partial charge < -0.3 is 4.74 Å². The fraction of sp³-hybridized carbons (Fsp3) is 0.217. The molecule has 0 radical (unpaired) electrons. The molecule has 5 rings (SSSR count). The molecule has 6 heteroatoms. The maximum atomic E-state index is 13.4. The SMILES string of the molecule is CC1(C)CC(n2nncc2-c2ccccc2)C2=C(O1)C(=O)c1ccccc1C2=O. The van der Waals surface area contributed by atoms with Crippen LogP contribution in [-0.2, 0) is 4.74 Å². The number of ketones is 2. The van der Waals surface area contributed by atoms with Crippen LogP contribution < -0.4 is 0 Å². The highest BCUT2D eigenvalue weighted by Gasteiger charge is 2.46. The Morgan fingerprint density at radius 3 is 2.34 bits per heavy atom. The van der Waals surface area contributed by atoms with Gasteiger partial charge in [0.05, 0.1) is 23.5 Å². The van der Waals surface area contributed by atoms with E-state index < -0.39 is 11.6 Å². The lowest BCUT2D eigenvalue weighted by molar-refractivity contribution is -0.00304. The lowest BCUT2D eigenvalue weighted by atomic mass is 9.79. The zero-order valence-electron chi connectivity index (χ0n) is 16.1. The van der Waals surface area contributed by atoms with E-state index in [1.165, 1.54) is 0 Å². The first-order chi connectivity index (χ1) is 14.0. The fourth-order valence-electron chi connectivity index (χ4n) is 4.16. The minimum atomic E-state index is -0.633. The van der Waals surface area contributed by atoms with Crippen molar-refractivity contribution in [1.82, 2.24) is 15.0 Å². The number of carbonyl (C=O) groups is 2. The van der Waals surface area contributed by atoms with E-state index in [1.807, 2.05) is 44.2 Å². The highest BCUT2D eigenvalue weighted by Crippen LogP contribution is 2.44. The van der Waals surface area contributed by atoms with E-state index in [9.17, 15) is 9.59 Å². The quantitative estimate of drug-likeness (QED) is 0.666. The minimum Gasteiger partial charge on any atom is -0.483 e. The van der Waals surface area contributed by atoms with E-state index in [0.717, 1.165) is 11.3 Å². The predicted molar refractivity (Wildman–Crippen MR) is 106 cm³/mol. The Morgan fingerprint density at radius 2 is 1.62 bits per heavy atom. The monoisotopic (exact) mass is 385 g/mol. The molecule has 144 valence electrons. The molecule has 6 nitrogen and oxygen atoms in total. The van der Waals surface area contributed by atoms with Crippen molar-refractivity contribution < 1.29 is 14.3 Å². The maximum Gasteiger partial charge on any atom is 0.228 e. The molecule has 29 heavy (non-hydrogen) atoms. The van der Waals surface area contributed by atoms with Gasteiger partial charge in [-0.25, -0.2) is 4.68 Å². The molecule has 0 spiro atoms. The second-order valence-electron chi connectivity index (χ2n) is 7.96. The predicted octanol–water partition coefficient (Wildman–Crippen LogP) is 4.02. The van der Waals surface area contributed by atoms with Crippen LogP contribution >= 0.6 is 0 Å². The number of allylic oxidation sites excluding steroid dienone is 2. The molecule has 0 saturated carbocycles. The molecule has 1 atom stereocenters. The van der Waals surface area contributed by atoms with Gasteiger partial charge in [-0.3, -0.25) is 9.59 Å². The summed E-state index contributed by atoms with van der Waals surface area (Å²) in [6.45, 7) is 3.84. The Labute approximate surface area is 167 Å². The van der Waals surface area contributed by atoms with Crippen molar-refractivity contribution >= 4 is 11.6 Å². The molecule has 0 saturated heterocycles. The molecule has 2 aliphatic rings. The Balaban J connectivity index is 1.71. The van der Waals surface area contributed by atoms with Crippen molar-refractivity contribution in [3.05, 3.63) is 83.3 Å². The van der Waals surface area contributed by atoms with Crippen LogP contribution in [0.3, 0.4) is 0 Å². The summed E-state index contributed by atoms with van der Waals surface area (Å²) in [4.78, 5) is 26.6. The van der Waals surface area contributed by atoms with E-state index in [1.54, 1.807) is 35.1 Å². The van der Waals surface area contributed by atoms with Gasteiger partial charge in [-0.2, -0.15) is 0 Å². The minimum absolute atomic E-state index is 0.129. The largest absolute Gasteiger partial charge is 0.483 e. The van der Waals surface area contributed by atoms with E-state index in [2.05, 4.69) is 10.3 Å². The summed E-state index contributed by atoms with van der Waals surface area (Å²) in [5.41, 5.74) is 2.25. The summed E-state index contributed by atoms with van der Waals surface area (Å²) in [5.74, 6) is -0.316. The molecule has 0 N–H and O–H groups in total. The second-order valence-corrected chi connectivity index (χ2v) is 7.96. The number of aromatic nitrogens is 3. The van der Waals surface area contributed by atoms with Gasteiger partial charge in [0.1, 0.15) is 5.60 Å². The fourth-order valence-corrected chi connectivity index (χ4v) is 4.16. The molecular formula is C23H19N3O3. The Hall–Kier alpha value is -3.54. The average molecular weight is 385 g/mol. The van der Waals surface area contributed by atoms with Gasteiger partial charge >= 0.3 is 0 Å². The number of nitrogens with zero attached hydrogens (tertiary/aromatic N) is 3. The zero-order chi connectivity index (χ0) is 20.2. The number of benzene rings is 2. The second kappa shape index (κ2) is 6.24. The first kappa shape index (κ1) is 17.6. The van der Waals surface area contributed by atoms with Gasteiger partial charge in [-0.1, -0.05) is 59.8 Å². The number of fused-ring (bicyclic) bond motifs is 1. The van der Waals surface area contributed by atoms with E-state index in [0.29, 0.717) is 23.1 Å². The van der Waals surface area contributed by atoms with Crippen molar-refractivity contribution in [2.24, 2.45) is 0 Å². The zero-order valence-corrected chi connectivity index (χ0v) is 16.1. The normalized spacial score (nSPS) is 20.1. The summed E-state index contributed by atoms with van der Waals surface area (Å²) in [5, 5.41) is 8.40. The van der Waals surface area contributed by atoms with Crippen LogP contribution in [0, 0.1) is 0 Å². The van der Waals surface area contributed by atoms with Crippen LogP contribution in [-0.4, -0.2) is 32.2 Å². The standard InChI is InChI=1S/C23H19N3O3/c1-23(2)12-17(26-18(13-24-25-26)14-8-4-3-5-9-14)19-20(27)15-10-6-7-11-16(15)21(28)22(19)29-23/h3-11,13,17H,12H2,1-2H3. The van der Waals surface area contributed by atoms with Gasteiger partial charge in [0.2, 0.25) is 5.78 Å². The van der Waals surface area contributed by atoms with Gasteiger partial charge in [-0.15, -0.1) is 5.10 Å². The summed E-state index contributed by atoms with van der Waals surface area (Å²) in [6.07, 6.45) is 2.18. The number of ether oxygens (including phenoxy) is 1. The van der Waals surface area contributed by atoms with Crippen LogP contribution in [0.25, 0.3) is 11.3 Å². The molecular weight excluding hydrogens is 366 g/mol. The van der Waals surface area contributed by atoms with E-state index in [-0.39, 0.29) is 17.3 Å². The van der Waals surface area contributed by atoms with E-state index >= 15 is 0 Å². The number of Topliss-reactive ketones (excluding diaryl/α,β-unsaturated/α-hetero) is 2. The molecule has 1 aliphatic heterocycles. The third kappa shape index (κ3) is 2.71. The van der Waals surface area contributed by atoms with Crippen LogP contribution in [0.5, 0.6) is 0 Å². The average Bonchev–Trinajstić information content (AvgIpc) is 3.21. The lowest BCUT2D eigenvalue weighted by Crippen LogP contribution is -2.41. The number of hydrogen-bond donors (Lipinski definition) is 0. The number of hydrogen-bond acceptors (Lipinski definition) is 5. The summed E-state index contributed by atoms with van der Waals surface area (Å²) in [7, 11) is 0. The van der Waals surface area contributed by atoms with Crippen molar-refractivity contribution in [2.45, 2.75) is 31.9 Å². The number of carbonyl (C=O) groups excluding carboxylic acids is 2. The summed E-state index contributed by atoms with van der Waals surface area (Å²) in [6, 6.07) is 16.2. The molecule has 0 bridgehead atoms. The third-order valence-corrected chi connectivity index (χ3v) is 5.45. The Bertz CT molecular complexity index is 1170. The van der Waals surface area contributed by atoms with Gasteiger partial charge in [-0.05, 0) is 13.8 Å². The summed E-state index contributed by atoms with van der Waals surface area (Å²) >= 11 is 0. The first-order valence-corrected chi connectivity index (χ1v) is 9.53. The van der Waals surface area contributed by atoms with Crippen molar-refractivity contribution in [2.75, 3.05) is 0 Å². The van der Waals surface area contributed by atoms with Crippen LogP contribution in [0.2, 0.25) is 0 Å². The molecule has 1 unspecified atom stereocenters. The molecule has 0 amide bonds. The summed E-state index contributed by atoms with van der Waals surface area (Å²) < 4.78 is 7.78. The Kier molecular flexibility index (Phi) is 3.77. The highest BCUT2D eigenvalue weighted by molar-refractivity contribution is 6.26. The molecule has 3 aromatic rings. The number of rotatable bonds is 2.